The molecule has 0 aliphatic carbocycles. The van der Waals surface area contributed by atoms with Gasteiger partial charge in [0.25, 0.3) is 0 Å². The Labute approximate surface area is 155 Å². The quantitative estimate of drug-likeness (QED) is 0.693. The predicted octanol–water partition coefficient (Wildman–Crippen LogP) is 3.59. The highest BCUT2D eigenvalue weighted by atomic mass is 32.1. The van der Waals surface area contributed by atoms with Crippen molar-refractivity contribution in [1.82, 2.24) is 4.98 Å². The number of anilines is 2. The van der Waals surface area contributed by atoms with Crippen LogP contribution in [-0.4, -0.2) is 25.1 Å². The number of hydrogen-bond acceptors (Lipinski definition) is 6. The molecule has 7 heteroatoms. The summed E-state index contributed by atoms with van der Waals surface area (Å²) in [5.41, 5.74) is 8.37. The van der Waals surface area contributed by atoms with Crippen LogP contribution in [0.3, 0.4) is 0 Å². The lowest BCUT2D eigenvalue weighted by Gasteiger charge is -2.10. The molecule has 0 unspecified atom stereocenters. The molecule has 1 amide bonds. The van der Waals surface area contributed by atoms with E-state index in [4.69, 9.17) is 15.2 Å². The first kappa shape index (κ1) is 17.8. The van der Waals surface area contributed by atoms with Gasteiger partial charge in [-0.3, -0.25) is 9.78 Å². The van der Waals surface area contributed by atoms with Crippen molar-refractivity contribution in [3.8, 4) is 21.9 Å². The number of methoxy groups -OCH3 is 2. The molecular weight excluding hydrogens is 350 g/mol. The highest BCUT2D eigenvalue weighted by molar-refractivity contribution is 7.20. The molecule has 2 heterocycles. The van der Waals surface area contributed by atoms with Gasteiger partial charge < -0.3 is 20.5 Å². The maximum absolute atomic E-state index is 12.4. The number of amides is 1. The van der Waals surface area contributed by atoms with Gasteiger partial charge in [-0.25, -0.2) is 0 Å². The summed E-state index contributed by atoms with van der Waals surface area (Å²) >= 11 is 1.43. The molecule has 3 N–H and O–H groups in total. The lowest BCUT2D eigenvalue weighted by atomic mass is 10.1. The first-order valence-electron chi connectivity index (χ1n) is 7.91. The summed E-state index contributed by atoms with van der Waals surface area (Å²) < 4.78 is 10.5. The fraction of sp³-hybridized carbons (Fsp3) is 0.158. The summed E-state index contributed by atoms with van der Waals surface area (Å²) in [7, 11) is 3.15. The first-order valence-corrected chi connectivity index (χ1v) is 8.73. The summed E-state index contributed by atoms with van der Waals surface area (Å²) in [5.74, 6) is 1.12. The Morgan fingerprint density at radius 1 is 1.15 bits per heavy atom. The second-order valence-electron chi connectivity index (χ2n) is 5.53. The van der Waals surface area contributed by atoms with Gasteiger partial charge in [0, 0.05) is 28.9 Å². The van der Waals surface area contributed by atoms with Crippen LogP contribution in [0.1, 0.15) is 5.56 Å². The monoisotopic (exact) mass is 369 g/mol. The van der Waals surface area contributed by atoms with E-state index in [1.54, 1.807) is 38.7 Å². The summed E-state index contributed by atoms with van der Waals surface area (Å²) in [5, 5.41) is 3.51. The van der Waals surface area contributed by atoms with E-state index in [9.17, 15) is 4.79 Å². The Morgan fingerprint density at radius 2 is 1.92 bits per heavy atom. The molecule has 0 saturated carbocycles. The Morgan fingerprint density at radius 3 is 2.62 bits per heavy atom. The molecule has 26 heavy (non-hydrogen) atoms. The van der Waals surface area contributed by atoms with Crippen LogP contribution >= 0.6 is 11.3 Å². The maximum Gasteiger partial charge on any atom is 0.229 e. The zero-order valence-electron chi connectivity index (χ0n) is 14.5. The van der Waals surface area contributed by atoms with Gasteiger partial charge in [0.15, 0.2) is 0 Å². The van der Waals surface area contributed by atoms with Gasteiger partial charge in [-0.2, -0.15) is 0 Å². The average Bonchev–Trinajstić information content (AvgIpc) is 3.03. The lowest BCUT2D eigenvalue weighted by molar-refractivity contribution is -0.115. The molecule has 0 fully saturated rings. The molecule has 0 saturated heterocycles. The minimum atomic E-state index is -0.164. The number of rotatable bonds is 6. The third-order valence-corrected chi connectivity index (χ3v) is 4.94. The zero-order chi connectivity index (χ0) is 18.5. The predicted molar refractivity (Wildman–Crippen MR) is 104 cm³/mol. The van der Waals surface area contributed by atoms with Crippen LogP contribution in [0.25, 0.3) is 10.4 Å². The Bertz CT molecular complexity index is 910. The van der Waals surface area contributed by atoms with Crippen molar-refractivity contribution in [1.29, 1.82) is 0 Å². The number of carbonyl (C=O) groups is 1. The number of thiophene rings is 1. The average molecular weight is 369 g/mol. The summed E-state index contributed by atoms with van der Waals surface area (Å²) in [6.45, 7) is 0. The van der Waals surface area contributed by atoms with E-state index in [0.29, 0.717) is 22.2 Å². The fourth-order valence-electron chi connectivity index (χ4n) is 2.50. The van der Waals surface area contributed by atoms with Gasteiger partial charge in [-0.15, -0.1) is 11.3 Å². The van der Waals surface area contributed by atoms with E-state index < -0.39 is 0 Å². The minimum Gasteiger partial charge on any atom is -0.497 e. The lowest BCUT2D eigenvalue weighted by Crippen LogP contribution is -2.14. The van der Waals surface area contributed by atoms with Gasteiger partial charge in [0.1, 0.15) is 16.5 Å². The normalized spacial score (nSPS) is 10.4. The smallest absolute Gasteiger partial charge is 0.229 e. The van der Waals surface area contributed by atoms with Gasteiger partial charge >= 0.3 is 0 Å². The van der Waals surface area contributed by atoms with Crippen LogP contribution in [0.4, 0.5) is 10.7 Å². The van der Waals surface area contributed by atoms with E-state index in [1.165, 1.54) is 11.3 Å². The van der Waals surface area contributed by atoms with Crippen molar-refractivity contribution in [2.45, 2.75) is 6.42 Å². The Kier molecular flexibility index (Phi) is 5.38. The van der Waals surface area contributed by atoms with Gasteiger partial charge in [0.05, 0.1) is 26.3 Å². The number of nitrogens with two attached hydrogens (primary N) is 1. The van der Waals surface area contributed by atoms with Crippen LogP contribution in [0.5, 0.6) is 11.5 Å². The van der Waals surface area contributed by atoms with Crippen molar-refractivity contribution in [2.75, 3.05) is 25.3 Å². The van der Waals surface area contributed by atoms with E-state index in [1.807, 2.05) is 24.3 Å². The first-order chi connectivity index (χ1) is 12.6. The summed E-state index contributed by atoms with van der Waals surface area (Å²) in [6, 6.07) is 11.0. The maximum atomic E-state index is 12.4. The van der Waals surface area contributed by atoms with Crippen molar-refractivity contribution in [3.63, 3.8) is 0 Å². The van der Waals surface area contributed by atoms with E-state index >= 15 is 0 Å². The highest BCUT2D eigenvalue weighted by Crippen LogP contribution is 2.37. The molecule has 6 nitrogen and oxygen atoms in total. The molecule has 0 radical (unpaired) electrons. The van der Waals surface area contributed by atoms with E-state index in [-0.39, 0.29) is 12.3 Å². The topological polar surface area (TPSA) is 86.5 Å². The SMILES string of the molecule is COc1ccc(CC(=O)Nc2sc(-c3ccncc3)cc2N)c(OC)c1. The van der Waals surface area contributed by atoms with Crippen LogP contribution in [0, 0.1) is 0 Å². The number of nitrogen functional groups attached to an aromatic ring is 1. The number of nitrogens with zero attached hydrogens (tertiary/aromatic N) is 1. The molecule has 0 atom stereocenters. The van der Waals surface area contributed by atoms with Crippen LogP contribution in [-0.2, 0) is 11.2 Å². The number of nitrogens with one attached hydrogen (secondary N) is 1. The summed E-state index contributed by atoms with van der Waals surface area (Å²) in [4.78, 5) is 17.4. The molecule has 2 aromatic heterocycles. The number of hydrogen-bond donors (Lipinski definition) is 2. The number of carbonyl (C=O) groups excluding carboxylic acids is 1. The largest absolute Gasteiger partial charge is 0.497 e. The summed E-state index contributed by atoms with van der Waals surface area (Å²) in [6.07, 6.45) is 3.62. The molecule has 134 valence electrons. The Balaban J connectivity index is 1.74. The molecule has 0 bridgehead atoms. The molecular formula is C19H19N3O3S. The second-order valence-corrected chi connectivity index (χ2v) is 6.59. The molecule has 1 aromatic carbocycles. The van der Waals surface area contributed by atoms with Crippen LogP contribution in [0.15, 0.2) is 48.8 Å². The van der Waals surface area contributed by atoms with Crippen LogP contribution < -0.4 is 20.5 Å². The second kappa shape index (κ2) is 7.88. The van der Waals surface area contributed by atoms with Gasteiger partial charge in [0.2, 0.25) is 5.91 Å². The van der Waals surface area contributed by atoms with Crippen molar-refractivity contribution < 1.29 is 14.3 Å². The Hall–Kier alpha value is -3.06. The number of pyridine rings is 1. The van der Waals surface area contributed by atoms with E-state index in [0.717, 1.165) is 16.0 Å². The molecule has 3 rings (SSSR count). The highest BCUT2D eigenvalue weighted by Gasteiger charge is 2.14. The van der Waals surface area contributed by atoms with Crippen LogP contribution in [0.2, 0.25) is 0 Å². The fourth-order valence-corrected chi connectivity index (χ4v) is 3.50. The van der Waals surface area contributed by atoms with Gasteiger partial charge in [-0.1, -0.05) is 6.07 Å². The molecule has 3 aromatic rings. The standard InChI is InChI=1S/C19H19N3O3S/c1-24-14-4-3-13(16(10-14)25-2)9-18(23)22-19-15(20)11-17(26-19)12-5-7-21-8-6-12/h3-8,10-11H,9,20H2,1-2H3,(H,22,23). The van der Waals surface area contributed by atoms with Crippen molar-refractivity contribution in [2.24, 2.45) is 0 Å². The van der Waals surface area contributed by atoms with Crippen molar-refractivity contribution in [3.05, 3.63) is 54.4 Å². The third-order valence-electron chi connectivity index (χ3n) is 3.82. The number of ether oxygens (including phenoxy) is 2. The molecule has 0 spiro atoms. The minimum absolute atomic E-state index is 0.164. The number of benzene rings is 1. The third kappa shape index (κ3) is 3.94. The molecule has 0 aliphatic rings. The van der Waals surface area contributed by atoms with Crippen molar-refractivity contribution >= 4 is 27.9 Å². The zero-order valence-corrected chi connectivity index (χ0v) is 15.3. The number of aromatic nitrogens is 1. The van der Waals surface area contributed by atoms with Gasteiger partial charge in [-0.05, 0) is 29.8 Å². The van der Waals surface area contributed by atoms with E-state index in [2.05, 4.69) is 10.3 Å². The molecule has 0 aliphatic heterocycles.